The lowest BCUT2D eigenvalue weighted by molar-refractivity contribution is -0.238. The van der Waals surface area contributed by atoms with E-state index < -0.39 is 43.3 Å². The molecule has 6 atom stereocenters. The zero-order chi connectivity index (χ0) is 27.6. The molecule has 1 saturated heterocycles. The number of hydrogen-bond acceptors (Lipinski definition) is 11. The molecule has 0 spiro atoms. The molecule has 1 aliphatic heterocycles. The molecule has 2 aliphatic rings. The van der Waals surface area contributed by atoms with Crippen molar-refractivity contribution >= 4 is 11.8 Å². The first-order chi connectivity index (χ1) is 18.3. The van der Waals surface area contributed by atoms with E-state index in [4.69, 9.17) is 18.9 Å². The van der Waals surface area contributed by atoms with Gasteiger partial charge in [-0.05, 0) is 53.5 Å². The molecule has 0 amide bonds. The molecule has 11 heteroatoms. The second-order valence-electron chi connectivity index (χ2n) is 9.20. The second kappa shape index (κ2) is 12.2. The van der Waals surface area contributed by atoms with Crippen molar-refractivity contribution in [3.63, 3.8) is 0 Å². The number of ether oxygens (including phenoxy) is 4. The summed E-state index contributed by atoms with van der Waals surface area (Å²) in [5.74, 6) is 2.13. The molecule has 1 aliphatic carbocycles. The van der Waals surface area contributed by atoms with Gasteiger partial charge < -0.3 is 39.4 Å². The number of aliphatic hydroxyl groups excluding tert-OH is 4. The third-order valence-corrected chi connectivity index (χ3v) is 8.00. The van der Waals surface area contributed by atoms with Crippen molar-refractivity contribution in [3.05, 3.63) is 45.6 Å². The average Bonchev–Trinajstić information content (AvgIpc) is 3.16. The summed E-state index contributed by atoms with van der Waals surface area (Å²) in [5.41, 5.74) is 2.92. The normalized spacial score (nSPS) is 26.6. The van der Waals surface area contributed by atoms with E-state index in [1.165, 1.54) is 18.9 Å². The Morgan fingerprint density at radius 1 is 1.03 bits per heavy atom. The topological polar surface area (TPSA) is 147 Å². The lowest BCUT2D eigenvalue weighted by Crippen LogP contribution is -2.62. The quantitative estimate of drug-likeness (QED) is 0.303. The molecule has 10 nitrogen and oxygen atoms in total. The van der Waals surface area contributed by atoms with Crippen molar-refractivity contribution in [2.24, 2.45) is 0 Å². The first-order valence-corrected chi connectivity index (χ1v) is 13.5. The van der Waals surface area contributed by atoms with Crippen molar-refractivity contribution in [1.82, 2.24) is 5.32 Å². The van der Waals surface area contributed by atoms with Crippen LogP contribution in [0.3, 0.4) is 0 Å². The van der Waals surface area contributed by atoms with Gasteiger partial charge in [0.25, 0.3) is 0 Å². The van der Waals surface area contributed by atoms with E-state index in [9.17, 15) is 25.2 Å². The smallest absolute Gasteiger partial charge is 0.203 e. The predicted molar refractivity (Wildman–Crippen MR) is 142 cm³/mol. The van der Waals surface area contributed by atoms with Crippen LogP contribution in [0, 0.1) is 0 Å². The summed E-state index contributed by atoms with van der Waals surface area (Å²) in [6.45, 7) is 1.44. The first-order valence-electron chi connectivity index (χ1n) is 12.5. The number of methoxy groups -OCH3 is 3. The highest BCUT2D eigenvalue weighted by Gasteiger charge is 2.44. The highest BCUT2D eigenvalue weighted by Crippen LogP contribution is 2.50. The number of fused-ring (bicyclic) bond motifs is 3. The zero-order valence-electron chi connectivity index (χ0n) is 21.8. The van der Waals surface area contributed by atoms with Crippen molar-refractivity contribution in [2.75, 3.05) is 33.7 Å². The van der Waals surface area contributed by atoms with Crippen LogP contribution in [0.2, 0.25) is 0 Å². The summed E-state index contributed by atoms with van der Waals surface area (Å²) in [4.78, 5) is 13.9. The van der Waals surface area contributed by atoms with E-state index in [0.29, 0.717) is 40.5 Å². The molecule has 0 unspecified atom stereocenters. The summed E-state index contributed by atoms with van der Waals surface area (Å²) in [7, 11) is 4.63. The molecule has 0 aromatic heterocycles. The fourth-order valence-electron chi connectivity index (χ4n) is 5.18. The Labute approximate surface area is 225 Å². The van der Waals surface area contributed by atoms with Crippen LogP contribution in [0.25, 0.3) is 11.1 Å². The van der Waals surface area contributed by atoms with E-state index in [1.54, 1.807) is 26.4 Å². The molecule has 2 aromatic rings. The molecule has 1 fully saturated rings. The van der Waals surface area contributed by atoms with Gasteiger partial charge in [0.15, 0.2) is 16.9 Å². The van der Waals surface area contributed by atoms with Gasteiger partial charge >= 0.3 is 0 Å². The Morgan fingerprint density at radius 3 is 2.39 bits per heavy atom. The lowest BCUT2D eigenvalue weighted by atomic mass is 9.94. The van der Waals surface area contributed by atoms with E-state index in [-0.39, 0.29) is 5.43 Å². The van der Waals surface area contributed by atoms with Gasteiger partial charge in [-0.2, -0.15) is 0 Å². The molecule has 4 rings (SSSR count). The maximum atomic E-state index is 13.3. The molecular weight excluding hydrogens is 514 g/mol. The van der Waals surface area contributed by atoms with Crippen molar-refractivity contribution in [2.45, 2.75) is 61.3 Å². The minimum Gasteiger partial charge on any atom is -0.493 e. The van der Waals surface area contributed by atoms with Crippen LogP contribution < -0.4 is 25.0 Å². The van der Waals surface area contributed by atoms with Crippen LogP contribution in [0.4, 0.5) is 0 Å². The summed E-state index contributed by atoms with van der Waals surface area (Å²) in [6.07, 6.45) is -5.59. The molecule has 38 heavy (non-hydrogen) atoms. The summed E-state index contributed by atoms with van der Waals surface area (Å²) < 4.78 is 22.8. The van der Waals surface area contributed by atoms with E-state index in [1.807, 2.05) is 19.1 Å². The van der Waals surface area contributed by atoms with E-state index >= 15 is 0 Å². The van der Waals surface area contributed by atoms with Crippen molar-refractivity contribution in [3.8, 4) is 28.4 Å². The molecule has 2 aromatic carbocycles. The fraction of sp³-hybridized carbons (Fsp3) is 0.519. The molecule has 208 valence electrons. The van der Waals surface area contributed by atoms with Crippen LogP contribution in [0.15, 0.2) is 34.0 Å². The Morgan fingerprint density at radius 2 is 1.76 bits per heavy atom. The molecule has 1 heterocycles. The number of hydrogen-bond donors (Lipinski definition) is 5. The van der Waals surface area contributed by atoms with Gasteiger partial charge in [0.1, 0.15) is 30.6 Å². The third-order valence-electron chi connectivity index (χ3n) is 7.06. The largest absolute Gasteiger partial charge is 0.493 e. The van der Waals surface area contributed by atoms with Crippen molar-refractivity contribution in [1.29, 1.82) is 0 Å². The third kappa shape index (κ3) is 5.24. The van der Waals surface area contributed by atoms with Gasteiger partial charge in [-0.1, -0.05) is 13.0 Å². The standard InChI is InChI=1S/C27H35NO9S/c1-5-38-20-9-7-14-15(11-17(20)30)16(28-27-24(33)23(32)22(31)19(12-29)37-27)8-6-13-10-18(34-2)25(35-3)26(36-4)21(13)14/h7,9-11,16,19,22-24,27-29,31-33H,5-6,8,12H2,1-4H3/t16-,19+,22-,23-,24-,27-/m1/s1. The Kier molecular flexibility index (Phi) is 9.19. The zero-order valence-corrected chi connectivity index (χ0v) is 22.7. The lowest BCUT2D eigenvalue weighted by Gasteiger charge is -2.41. The van der Waals surface area contributed by atoms with Crippen molar-refractivity contribution < 1.29 is 39.4 Å². The molecular formula is C27H35NO9S. The van der Waals surface area contributed by atoms with Gasteiger partial charge in [0.2, 0.25) is 5.75 Å². The number of thioether (sulfide) groups is 1. The van der Waals surface area contributed by atoms with Gasteiger partial charge in [-0.3, -0.25) is 10.1 Å². The minimum atomic E-state index is -1.52. The summed E-state index contributed by atoms with van der Waals surface area (Å²) in [5, 5.41) is 44.1. The Balaban J connectivity index is 1.89. The van der Waals surface area contributed by atoms with Crippen LogP contribution in [0.1, 0.15) is 30.5 Å². The predicted octanol–water partition coefficient (Wildman–Crippen LogP) is 1.23. The number of benzene rings is 1. The first kappa shape index (κ1) is 28.6. The van der Waals surface area contributed by atoms with Gasteiger partial charge in [-0.15, -0.1) is 11.8 Å². The van der Waals surface area contributed by atoms with E-state index in [2.05, 4.69) is 5.32 Å². The van der Waals surface area contributed by atoms with Crippen LogP contribution in [-0.2, 0) is 11.2 Å². The van der Waals surface area contributed by atoms with Gasteiger partial charge in [0, 0.05) is 11.6 Å². The number of aliphatic hydroxyl groups is 4. The monoisotopic (exact) mass is 549 g/mol. The van der Waals surface area contributed by atoms with Gasteiger partial charge in [0.05, 0.1) is 32.8 Å². The highest BCUT2D eigenvalue weighted by molar-refractivity contribution is 7.99. The summed E-state index contributed by atoms with van der Waals surface area (Å²) >= 11 is 1.44. The van der Waals surface area contributed by atoms with Crippen LogP contribution >= 0.6 is 11.8 Å². The Bertz CT molecular complexity index is 1210. The molecule has 0 radical (unpaired) electrons. The molecule has 0 bridgehead atoms. The molecule has 5 N–H and O–H groups in total. The SMILES string of the molecule is CCSc1ccc2c(cc1=O)[C@H](N[C@@H]1O[C@@H](CO)[C@@H](O)[C@@H](O)[C@H]1O)CCc1cc(OC)c(OC)c(OC)c1-2. The number of rotatable bonds is 8. The second-order valence-corrected chi connectivity index (χ2v) is 10.5. The molecule has 0 saturated carbocycles. The average molecular weight is 550 g/mol. The maximum absolute atomic E-state index is 13.3. The summed E-state index contributed by atoms with van der Waals surface area (Å²) in [6, 6.07) is 6.66. The van der Waals surface area contributed by atoms with Crippen LogP contribution in [-0.4, -0.2) is 84.8 Å². The van der Waals surface area contributed by atoms with E-state index in [0.717, 1.165) is 22.4 Å². The van der Waals surface area contributed by atoms with Gasteiger partial charge in [-0.25, -0.2) is 0 Å². The Hall–Kier alpha value is -2.38. The maximum Gasteiger partial charge on any atom is 0.203 e. The highest BCUT2D eigenvalue weighted by atomic mass is 32.2. The number of aryl methyl sites for hydroxylation is 1. The minimum absolute atomic E-state index is 0.151. The fourth-order valence-corrected chi connectivity index (χ4v) is 5.86. The number of nitrogens with one attached hydrogen (secondary N) is 1. The van der Waals surface area contributed by atoms with Crippen LogP contribution in [0.5, 0.6) is 17.2 Å².